The van der Waals surface area contributed by atoms with E-state index in [1.807, 2.05) is 80.7 Å². The summed E-state index contributed by atoms with van der Waals surface area (Å²) in [5, 5.41) is 6.86. The van der Waals surface area contributed by atoms with E-state index in [9.17, 15) is 4.79 Å². The highest BCUT2D eigenvalue weighted by Crippen LogP contribution is 2.27. The van der Waals surface area contributed by atoms with Crippen LogP contribution >= 0.6 is 0 Å². The molecule has 2 N–H and O–H groups in total. The highest BCUT2D eigenvalue weighted by Gasteiger charge is 2.17. The summed E-state index contributed by atoms with van der Waals surface area (Å²) in [4.78, 5) is 18.6. The lowest BCUT2D eigenvalue weighted by molar-refractivity contribution is 0.102. The third kappa shape index (κ3) is 5.79. The van der Waals surface area contributed by atoms with Gasteiger partial charge in [-0.3, -0.25) is 9.51 Å². The van der Waals surface area contributed by atoms with Crippen LogP contribution in [0.25, 0.3) is 22.8 Å². The van der Waals surface area contributed by atoms with E-state index in [2.05, 4.69) is 20.0 Å². The number of ether oxygens (including phenoxy) is 2. The lowest BCUT2D eigenvalue weighted by Crippen LogP contribution is -2.01. The van der Waals surface area contributed by atoms with Crippen molar-refractivity contribution in [1.82, 2.24) is 15.1 Å². The topological polar surface area (TPSA) is 115 Å². The quantitative estimate of drug-likeness (QED) is 0.265. The van der Waals surface area contributed by atoms with E-state index in [0.717, 1.165) is 27.9 Å². The lowest BCUT2D eigenvalue weighted by Gasteiger charge is -2.09. The molecular weight excluding hydrogens is 472 g/mol. The Balaban J connectivity index is 1.33. The maximum absolute atomic E-state index is 11.3. The number of nitrogens with one attached hydrogen (secondary N) is 2. The zero-order valence-corrected chi connectivity index (χ0v) is 20.5. The Kier molecular flexibility index (Phi) is 7.14. The van der Waals surface area contributed by atoms with Gasteiger partial charge >= 0.3 is 5.76 Å². The van der Waals surface area contributed by atoms with Gasteiger partial charge in [-0.1, -0.05) is 35.5 Å². The molecule has 0 amide bonds. The van der Waals surface area contributed by atoms with Gasteiger partial charge in [0.25, 0.3) is 0 Å². The summed E-state index contributed by atoms with van der Waals surface area (Å²) in [5.74, 6) is 1.50. The van der Waals surface area contributed by atoms with Crippen molar-refractivity contribution in [2.24, 2.45) is 0 Å². The van der Waals surface area contributed by atoms with Gasteiger partial charge in [0.1, 0.15) is 18.1 Å². The standard InChI is InChI=1S/C28H26N4O5/c1-18-14-22(12-13-23(18)26-31-28(33)37-32-26)35-17-25-24(16-34-15-19-6-4-3-5-7-19)30-27(36-25)20-8-10-21(29-2)11-9-20/h3-14,29H,15-17H2,1-2H3,(H,31,32,33). The minimum atomic E-state index is -0.599. The fourth-order valence-corrected chi connectivity index (χ4v) is 3.84. The summed E-state index contributed by atoms with van der Waals surface area (Å²) in [6.45, 7) is 2.82. The van der Waals surface area contributed by atoms with Crippen molar-refractivity contribution in [3.05, 3.63) is 106 Å². The second-order valence-corrected chi connectivity index (χ2v) is 8.40. The molecule has 0 spiro atoms. The van der Waals surface area contributed by atoms with Gasteiger partial charge in [0.15, 0.2) is 11.6 Å². The van der Waals surface area contributed by atoms with E-state index in [0.29, 0.717) is 35.5 Å². The molecule has 37 heavy (non-hydrogen) atoms. The van der Waals surface area contributed by atoms with Crippen molar-refractivity contribution in [3.8, 4) is 28.6 Å². The molecule has 0 saturated heterocycles. The van der Waals surface area contributed by atoms with Crippen LogP contribution in [0.4, 0.5) is 5.69 Å². The van der Waals surface area contributed by atoms with Crippen LogP contribution in [0.1, 0.15) is 22.6 Å². The maximum Gasteiger partial charge on any atom is 0.439 e. The number of nitrogens with zero attached hydrogens (tertiary/aromatic N) is 2. The van der Waals surface area contributed by atoms with E-state index >= 15 is 0 Å². The molecule has 5 rings (SSSR count). The molecule has 0 aliphatic rings. The van der Waals surface area contributed by atoms with Gasteiger partial charge in [-0.15, -0.1) is 0 Å². The van der Waals surface area contributed by atoms with Crippen molar-refractivity contribution in [3.63, 3.8) is 0 Å². The first-order valence-electron chi connectivity index (χ1n) is 11.8. The monoisotopic (exact) mass is 498 g/mol. The van der Waals surface area contributed by atoms with E-state index in [4.69, 9.17) is 18.9 Å². The molecule has 0 aliphatic heterocycles. The van der Waals surface area contributed by atoms with Gasteiger partial charge < -0.3 is 19.2 Å². The Hall–Kier alpha value is -4.63. The lowest BCUT2D eigenvalue weighted by atomic mass is 10.1. The summed E-state index contributed by atoms with van der Waals surface area (Å²) in [5.41, 5.74) is 5.24. The predicted molar refractivity (Wildman–Crippen MR) is 138 cm³/mol. The van der Waals surface area contributed by atoms with Crippen LogP contribution in [-0.2, 0) is 24.6 Å². The molecule has 2 aromatic heterocycles. The van der Waals surface area contributed by atoms with E-state index in [-0.39, 0.29) is 13.2 Å². The van der Waals surface area contributed by atoms with Gasteiger partial charge in [-0.05, 0) is 60.5 Å². The van der Waals surface area contributed by atoms with Crippen molar-refractivity contribution in [2.45, 2.75) is 26.7 Å². The Labute approximate surface area is 213 Å². The van der Waals surface area contributed by atoms with Gasteiger partial charge in [0.05, 0.1) is 13.2 Å². The van der Waals surface area contributed by atoms with Gasteiger partial charge in [0, 0.05) is 23.9 Å². The molecule has 5 aromatic rings. The van der Waals surface area contributed by atoms with Crippen molar-refractivity contribution in [2.75, 3.05) is 12.4 Å². The SMILES string of the molecule is CNc1ccc(-c2nc(COCc3ccccc3)c(COc3ccc(-c4noc(=O)[nH]4)c(C)c3)o2)cc1. The molecule has 0 saturated carbocycles. The smallest absolute Gasteiger partial charge is 0.439 e. The molecule has 0 fully saturated rings. The molecule has 0 unspecified atom stereocenters. The number of hydrogen-bond donors (Lipinski definition) is 2. The maximum atomic E-state index is 11.3. The molecule has 9 heteroatoms. The molecule has 0 radical (unpaired) electrons. The zero-order valence-electron chi connectivity index (χ0n) is 20.5. The molecule has 2 heterocycles. The fourth-order valence-electron chi connectivity index (χ4n) is 3.84. The highest BCUT2D eigenvalue weighted by atomic mass is 16.5. The number of aromatic amines is 1. The van der Waals surface area contributed by atoms with Crippen LogP contribution in [0.3, 0.4) is 0 Å². The average Bonchev–Trinajstić information content (AvgIpc) is 3.54. The van der Waals surface area contributed by atoms with E-state index in [1.54, 1.807) is 6.07 Å². The number of hydrogen-bond acceptors (Lipinski definition) is 8. The number of oxazole rings is 1. The Morgan fingerprint density at radius 1 is 0.973 bits per heavy atom. The molecule has 3 aromatic carbocycles. The van der Waals surface area contributed by atoms with Crippen LogP contribution in [0.2, 0.25) is 0 Å². The Bertz CT molecular complexity index is 1520. The minimum absolute atomic E-state index is 0.172. The number of aryl methyl sites for hydroxylation is 1. The second kappa shape index (κ2) is 11.0. The number of H-pyrrole nitrogens is 1. The molecule has 0 bridgehead atoms. The second-order valence-electron chi connectivity index (χ2n) is 8.40. The normalized spacial score (nSPS) is 11.0. The van der Waals surface area contributed by atoms with Crippen molar-refractivity contribution < 1.29 is 18.4 Å². The summed E-state index contributed by atoms with van der Waals surface area (Å²) >= 11 is 0. The van der Waals surface area contributed by atoms with Gasteiger partial charge in [0.2, 0.25) is 5.89 Å². The first-order chi connectivity index (χ1) is 18.1. The molecule has 9 nitrogen and oxygen atoms in total. The third-order valence-electron chi connectivity index (χ3n) is 5.81. The number of anilines is 1. The molecule has 0 aliphatic carbocycles. The van der Waals surface area contributed by atoms with Crippen LogP contribution in [0.15, 0.2) is 86.5 Å². The summed E-state index contributed by atoms with van der Waals surface area (Å²) in [6.07, 6.45) is 0. The number of rotatable bonds is 10. The van der Waals surface area contributed by atoms with Crippen LogP contribution in [-0.4, -0.2) is 22.2 Å². The minimum Gasteiger partial charge on any atom is -0.486 e. The highest BCUT2D eigenvalue weighted by molar-refractivity contribution is 5.61. The van der Waals surface area contributed by atoms with Crippen molar-refractivity contribution in [1.29, 1.82) is 0 Å². The Morgan fingerprint density at radius 2 is 1.78 bits per heavy atom. The predicted octanol–water partition coefficient (Wildman–Crippen LogP) is 5.33. The summed E-state index contributed by atoms with van der Waals surface area (Å²) < 4.78 is 22.7. The molecule has 0 atom stereocenters. The first kappa shape index (κ1) is 24.1. The van der Waals surface area contributed by atoms with Crippen LogP contribution in [0.5, 0.6) is 5.75 Å². The van der Waals surface area contributed by atoms with Crippen LogP contribution in [0, 0.1) is 6.92 Å². The fraction of sp³-hybridized carbons (Fsp3) is 0.179. The average molecular weight is 499 g/mol. The van der Waals surface area contributed by atoms with Gasteiger partial charge in [-0.2, -0.15) is 0 Å². The molecule has 188 valence electrons. The van der Waals surface area contributed by atoms with Crippen LogP contribution < -0.4 is 15.8 Å². The van der Waals surface area contributed by atoms with Crippen molar-refractivity contribution >= 4 is 5.69 Å². The summed E-state index contributed by atoms with van der Waals surface area (Å²) in [6, 6.07) is 23.3. The largest absolute Gasteiger partial charge is 0.486 e. The Morgan fingerprint density at radius 3 is 2.49 bits per heavy atom. The third-order valence-corrected chi connectivity index (χ3v) is 5.81. The first-order valence-corrected chi connectivity index (χ1v) is 11.8. The zero-order chi connectivity index (χ0) is 25.6. The number of aromatic nitrogens is 3. The molecular formula is C28H26N4O5. The summed E-state index contributed by atoms with van der Waals surface area (Å²) in [7, 11) is 1.87. The van der Waals surface area contributed by atoms with E-state index in [1.165, 1.54) is 0 Å². The number of benzene rings is 3. The van der Waals surface area contributed by atoms with E-state index < -0.39 is 5.76 Å². The van der Waals surface area contributed by atoms with Gasteiger partial charge in [-0.25, -0.2) is 9.78 Å².